The summed E-state index contributed by atoms with van der Waals surface area (Å²) in [5.74, 6) is -1.00. The van der Waals surface area contributed by atoms with Crippen LogP contribution >= 0.6 is 0 Å². The van der Waals surface area contributed by atoms with E-state index in [9.17, 15) is 23.5 Å². The number of carboxylic acids is 1. The third kappa shape index (κ3) is 9.09. The number of aliphatic carboxylic acids is 1. The Hall–Kier alpha value is -3.31. The summed E-state index contributed by atoms with van der Waals surface area (Å²) < 4.78 is 38.0. The Morgan fingerprint density at radius 3 is 2.67 bits per heavy atom. The average molecular weight is 591 g/mol. The zero-order valence-electron chi connectivity index (χ0n) is 25.1. The van der Waals surface area contributed by atoms with E-state index in [1.807, 2.05) is 4.90 Å². The van der Waals surface area contributed by atoms with Gasteiger partial charge < -0.3 is 30.1 Å². The number of ether oxygens (including phenoxy) is 2. The molecule has 2 unspecified atom stereocenters. The second-order valence-electron chi connectivity index (χ2n) is 11.2. The van der Waals surface area contributed by atoms with Crippen molar-refractivity contribution in [2.75, 3.05) is 52.4 Å². The number of aromatic nitrogens is 1. The van der Waals surface area contributed by atoms with Crippen molar-refractivity contribution >= 4 is 17.7 Å². The summed E-state index contributed by atoms with van der Waals surface area (Å²) in [5.41, 5.74) is 1.30. The Morgan fingerprint density at radius 1 is 1.19 bits per heavy atom. The van der Waals surface area contributed by atoms with Crippen molar-refractivity contribution < 1.29 is 33.0 Å². The maximum atomic E-state index is 14.0. The number of pyridine rings is 1. The van der Waals surface area contributed by atoms with E-state index in [0.29, 0.717) is 30.9 Å². The van der Waals surface area contributed by atoms with E-state index in [1.165, 1.54) is 38.0 Å². The summed E-state index contributed by atoms with van der Waals surface area (Å²) in [4.78, 5) is 32.1. The minimum Gasteiger partial charge on any atom is -0.496 e. The molecule has 11 heteroatoms. The number of benzene rings is 1. The molecule has 2 aromatic rings. The van der Waals surface area contributed by atoms with Gasteiger partial charge in [0, 0.05) is 38.0 Å². The lowest BCUT2D eigenvalue weighted by Gasteiger charge is -2.30. The Bertz CT molecular complexity index is 1190. The molecule has 9 nitrogen and oxygen atoms in total. The van der Waals surface area contributed by atoms with Gasteiger partial charge in [-0.2, -0.15) is 0 Å². The van der Waals surface area contributed by atoms with E-state index in [2.05, 4.69) is 22.8 Å². The van der Waals surface area contributed by atoms with E-state index < -0.39 is 41.9 Å². The number of unbranched alkanes of at least 4 members (excludes halogenated alkanes) is 1. The number of methoxy groups -OCH3 is 2. The van der Waals surface area contributed by atoms with Gasteiger partial charge in [0.05, 0.1) is 18.6 Å². The van der Waals surface area contributed by atoms with Crippen LogP contribution in [0.3, 0.4) is 0 Å². The first-order valence-electron chi connectivity index (χ1n) is 14.5. The molecule has 2 atom stereocenters. The quantitative estimate of drug-likeness (QED) is 0.236. The number of hydrogen-bond acceptors (Lipinski definition) is 7. The largest absolute Gasteiger partial charge is 0.496 e. The van der Waals surface area contributed by atoms with Gasteiger partial charge in [-0.3, -0.25) is 4.79 Å². The fourth-order valence-corrected chi connectivity index (χ4v) is 5.12. The van der Waals surface area contributed by atoms with Crippen LogP contribution in [-0.2, 0) is 32.6 Å². The molecule has 2 heterocycles. The van der Waals surface area contributed by atoms with Crippen molar-refractivity contribution in [1.29, 1.82) is 0 Å². The maximum Gasteiger partial charge on any atom is 0.326 e. The average Bonchev–Trinajstić information content (AvgIpc) is 2.99. The van der Waals surface area contributed by atoms with Crippen LogP contribution in [0.5, 0.6) is 5.75 Å². The molecule has 42 heavy (non-hydrogen) atoms. The monoisotopic (exact) mass is 590 g/mol. The van der Waals surface area contributed by atoms with E-state index in [1.54, 1.807) is 13.8 Å². The van der Waals surface area contributed by atoms with Gasteiger partial charge in [0.15, 0.2) is 0 Å². The highest BCUT2D eigenvalue weighted by molar-refractivity contribution is 5.91. The van der Waals surface area contributed by atoms with Crippen molar-refractivity contribution in [2.24, 2.45) is 0 Å². The lowest BCUT2D eigenvalue weighted by atomic mass is 9.82. The van der Waals surface area contributed by atoms with Crippen LogP contribution in [0, 0.1) is 5.82 Å². The van der Waals surface area contributed by atoms with Crippen LogP contribution in [0.15, 0.2) is 30.3 Å². The van der Waals surface area contributed by atoms with Gasteiger partial charge in [0.2, 0.25) is 5.91 Å². The van der Waals surface area contributed by atoms with Crippen molar-refractivity contribution in [3.63, 3.8) is 0 Å². The molecule has 0 bridgehead atoms. The van der Waals surface area contributed by atoms with Crippen LogP contribution in [0.1, 0.15) is 56.4 Å². The summed E-state index contributed by atoms with van der Waals surface area (Å²) >= 11 is 0. The molecule has 1 aliphatic rings. The molecule has 3 rings (SSSR count). The number of carbonyl (C=O) groups excluding carboxylic acids is 1. The van der Waals surface area contributed by atoms with Crippen LogP contribution in [0.2, 0.25) is 0 Å². The summed E-state index contributed by atoms with van der Waals surface area (Å²) in [6.07, 6.45) is 4.05. The van der Waals surface area contributed by atoms with Gasteiger partial charge in [0.25, 0.3) is 0 Å². The molecule has 0 saturated heterocycles. The molecule has 1 aliphatic heterocycles. The lowest BCUT2D eigenvalue weighted by Crippen LogP contribution is -2.50. The second kappa shape index (κ2) is 15.8. The van der Waals surface area contributed by atoms with Crippen molar-refractivity contribution in [2.45, 2.75) is 69.9 Å². The minimum atomic E-state index is -1.27. The highest BCUT2D eigenvalue weighted by Gasteiger charge is 2.35. The predicted octanol–water partition coefficient (Wildman–Crippen LogP) is 4.13. The van der Waals surface area contributed by atoms with E-state index in [0.717, 1.165) is 50.2 Å². The number of carbonyl (C=O) groups is 2. The Balaban J connectivity index is 1.60. The molecule has 232 valence electrons. The third-order valence-corrected chi connectivity index (χ3v) is 7.82. The number of hydrogen-bond donors (Lipinski definition) is 3. The van der Waals surface area contributed by atoms with Crippen molar-refractivity contribution in [1.82, 2.24) is 15.2 Å². The lowest BCUT2D eigenvalue weighted by molar-refractivity contribution is -0.143. The number of rotatable bonds is 17. The maximum absolute atomic E-state index is 14.0. The Morgan fingerprint density at radius 2 is 1.98 bits per heavy atom. The Labute approximate surface area is 247 Å². The van der Waals surface area contributed by atoms with Gasteiger partial charge in [-0.25, -0.2) is 18.6 Å². The van der Waals surface area contributed by atoms with Crippen LogP contribution in [0.25, 0.3) is 0 Å². The molecule has 3 N–H and O–H groups in total. The fraction of sp³-hybridized carbons (Fsp3) is 0.581. The second-order valence-corrected chi connectivity index (χ2v) is 11.2. The number of carboxylic acid groups (broad SMARTS) is 1. The van der Waals surface area contributed by atoms with Gasteiger partial charge in [0.1, 0.15) is 30.1 Å². The molecule has 0 fully saturated rings. The van der Waals surface area contributed by atoms with Crippen LogP contribution in [0.4, 0.5) is 14.6 Å². The number of amides is 1. The standard InChI is InChI=1S/C31H44F2N4O5/c1-31(2,25-18-22(33)11-13-27(25)42-4)30(40)36-26(29(38)39)14-17-37(20-24(19-32)41-3)16-6-5-9-23-12-10-21-8-7-15-34-28(21)35-23/h10-13,18,24,26H,5-9,14-17,19-20H2,1-4H3,(H,34,35)(H,36,40)(H,38,39). The molecule has 0 spiro atoms. The molecular weight excluding hydrogens is 546 g/mol. The summed E-state index contributed by atoms with van der Waals surface area (Å²) in [7, 11) is 2.87. The van der Waals surface area contributed by atoms with E-state index >= 15 is 0 Å². The van der Waals surface area contributed by atoms with E-state index in [-0.39, 0.29) is 6.42 Å². The van der Waals surface area contributed by atoms with Crippen LogP contribution < -0.4 is 15.4 Å². The summed E-state index contributed by atoms with van der Waals surface area (Å²) in [6, 6.07) is 6.88. The summed E-state index contributed by atoms with van der Waals surface area (Å²) in [6.45, 7) is 4.65. The fourth-order valence-electron chi connectivity index (χ4n) is 5.12. The van der Waals surface area contributed by atoms with Gasteiger partial charge in [-0.15, -0.1) is 0 Å². The molecular formula is C31H44F2N4O5. The molecule has 0 radical (unpaired) electrons. The topological polar surface area (TPSA) is 113 Å². The number of nitrogens with zero attached hydrogens (tertiary/aromatic N) is 2. The normalized spacial score (nSPS) is 14.5. The molecule has 0 aliphatic carbocycles. The first-order valence-corrected chi connectivity index (χ1v) is 14.5. The van der Waals surface area contributed by atoms with Gasteiger partial charge in [-0.05, 0) is 88.7 Å². The third-order valence-electron chi connectivity index (χ3n) is 7.82. The Kier molecular flexibility index (Phi) is 12.5. The van der Waals surface area contributed by atoms with Crippen LogP contribution in [-0.4, -0.2) is 86.1 Å². The molecule has 0 saturated carbocycles. The van der Waals surface area contributed by atoms with Crippen molar-refractivity contribution in [3.05, 3.63) is 53.0 Å². The molecule has 1 aromatic heterocycles. The highest BCUT2D eigenvalue weighted by Crippen LogP contribution is 2.32. The van der Waals surface area contributed by atoms with Gasteiger partial charge >= 0.3 is 5.97 Å². The summed E-state index contributed by atoms with van der Waals surface area (Å²) in [5, 5.41) is 15.9. The predicted molar refractivity (Wildman–Crippen MR) is 157 cm³/mol. The molecule has 1 aromatic carbocycles. The zero-order valence-corrected chi connectivity index (χ0v) is 25.1. The number of nitrogens with one attached hydrogen (secondary N) is 2. The first-order chi connectivity index (χ1) is 20.1. The number of anilines is 1. The van der Waals surface area contributed by atoms with Gasteiger partial charge in [-0.1, -0.05) is 6.07 Å². The number of alkyl halides is 1. The molecule has 1 amide bonds. The first kappa shape index (κ1) is 33.2. The highest BCUT2D eigenvalue weighted by atomic mass is 19.1. The van der Waals surface area contributed by atoms with E-state index in [4.69, 9.17) is 14.5 Å². The SMILES string of the molecule is COc1ccc(F)cc1C(C)(C)C(=O)NC(CCN(CCCCc1ccc2c(n1)NCCC2)CC(CF)OC)C(=O)O. The smallest absolute Gasteiger partial charge is 0.326 e. The minimum absolute atomic E-state index is 0.0954. The number of halogens is 2. The number of fused-ring (bicyclic) bond motifs is 1. The zero-order chi connectivity index (χ0) is 30.7. The number of aryl methyl sites for hydroxylation is 2. The van der Waals surface area contributed by atoms with Crippen molar-refractivity contribution in [3.8, 4) is 5.75 Å².